The van der Waals surface area contributed by atoms with Crippen LogP contribution in [0.1, 0.15) is 6.42 Å². The zero-order valence-electron chi connectivity index (χ0n) is 8.25. The molecule has 15 heavy (non-hydrogen) atoms. The fourth-order valence-electron chi connectivity index (χ4n) is 1.48. The minimum absolute atomic E-state index is 0.137. The summed E-state index contributed by atoms with van der Waals surface area (Å²) in [6.07, 6.45) is -0.463. The van der Waals surface area contributed by atoms with Gasteiger partial charge in [0.05, 0.1) is 26.2 Å². The van der Waals surface area contributed by atoms with E-state index in [9.17, 15) is 9.90 Å². The molecule has 1 atom stereocenters. The Labute approximate surface area is 86.5 Å². The summed E-state index contributed by atoms with van der Waals surface area (Å²) < 4.78 is 4.85. The number of aliphatic hydroxyl groups excluding tert-OH is 1. The first-order chi connectivity index (χ1) is 7.20. The number of nitrogens with zero attached hydrogens (tertiary/aromatic N) is 3. The molecule has 0 aromatic carbocycles. The lowest BCUT2D eigenvalue weighted by atomic mass is 10.3. The average Bonchev–Trinajstić information content (AvgIpc) is 2.58. The van der Waals surface area contributed by atoms with E-state index in [1.54, 1.807) is 12.1 Å². The molecule has 0 radical (unpaired) electrons. The molecule has 1 aliphatic heterocycles. The van der Waals surface area contributed by atoms with Gasteiger partial charge in [0.15, 0.2) is 5.82 Å². The number of hydrogen-bond donors (Lipinski definition) is 1. The van der Waals surface area contributed by atoms with E-state index >= 15 is 0 Å². The number of carbonyl (C=O) groups excluding carboxylic acids is 1. The lowest BCUT2D eigenvalue weighted by molar-refractivity contribution is -0.117. The van der Waals surface area contributed by atoms with Crippen LogP contribution >= 0.6 is 0 Å². The van der Waals surface area contributed by atoms with Crippen LogP contribution in [-0.2, 0) is 4.79 Å². The molecule has 0 aliphatic carbocycles. The summed E-state index contributed by atoms with van der Waals surface area (Å²) in [5.74, 6) is 0.699. The maximum absolute atomic E-state index is 11.4. The number of carbonyl (C=O) groups is 1. The van der Waals surface area contributed by atoms with Crippen LogP contribution < -0.4 is 9.64 Å². The van der Waals surface area contributed by atoms with Gasteiger partial charge in [0.2, 0.25) is 11.8 Å². The molecule has 1 aromatic rings. The van der Waals surface area contributed by atoms with Crippen LogP contribution in [0.3, 0.4) is 0 Å². The first-order valence-corrected chi connectivity index (χ1v) is 4.57. The molecular formula is C9H11N3O3. The van der Waals surface area contributed by atoms with Crippen LogP contribution in [0.25, 0.3) is 0 Å². The van der Waals surface area contributed by atoms with Crippen LogP contribution in [0.2, 0.25) is 0 Å². The van der Waals surface area contributed by atoms with E-state index in [-0.39, 0.29) is 18.9 Å². The van der Waals surface area contributed by atoms with Gasteiger partial charge in [-0.25, -0.2) is 0 Å². The molecule has 80 valence electrons. The quantitative estimate of drug-likeness (QED) is 0.716. The second-order valence-corrected chi connectivity index (χ2v) is 3.30. The van der Waals surface area contributed by atoms with Crippen LogP contribution in [0, 0.1) is 0 Å². The number of amides is 1. The van der Waals surface area contributed by atoms with E-state index in [0.717, 1.165) is 0 Å². The molecule has 0 bridgehead atoms. The fraction of sp³-hybridized carbons (Fsp3) is 0.444. The number of anilines is 1. The second kappa shape index (κ2) is 3.82. The molecule has 6 nitrogen and oxygen atoms in total. The molecule has 1 N–H and O–H groups in total. The van der Waals surface area contributed by atoms with Gasteiger partial charge in [-0.2, -0.15) is 0 Å². The van der Waals surface area contributed by atoms with Crippen molar-refractivity contribution in [3.63, 3.8) is 0 Å². The zero-order valence-corrected chi connectivity index (χ0v) is 8.25. The van der Waals surface area contributed by atoms with Gasteiger partial charge in [-0.1, -0.05) is 0 Å². The molecule has 1 amide bonds. The molecule has 1 fully saturated rings. The van der Waals surface area contributed by atoms with Crippen molar-refractivity contribution in [2.24, 2.45) is 0 Å². The lowest BCUT2D eigenvalue weighted by Gasteiger charge is -2.13. The Bertz CT molecular complexity index is 365. The molecule has 2 rings (SSSR count). The van der Waals surface area contributed by atoms with Crippen molar-refractivity contribution in [3.05, 3.63) is 12.1 Å². The molecule has 1 aromatic heterocycles. The topological polar surface area (TPSA) is 75.6 Å². The third kappa shape index (κ3) is 1.89. The van der Waals surface area contributed by atoms with E-state index in [1.165, 1.54) is 12.0 Å². The smallest absolute Gasteiger partial charge is 0.233 e. The predicted octanol–water partition coefficient (Wildman–Crippen LogP) is -0.417. The van der Waals surface area contributed by atoms with E-state index in [0.29, 0.717) is 11.7 Å². The number of methoxy groups -OCH3 is 1. The molecule has 0 spiro atoms. The summed E-state index contributed by atoms with van der Waals surface area (Å²) in [7, 11) is 1.49. The van der Waals surface area contributed by atoms with Crippen LogP contribution in [0.4, 0.5) is 5.82 Å². The van der Waals surface area contributed by atoms with Crippen molar-refractivity contribution >= 4 is 11.7 Å². The molecule has 6 heteroatoms. The largest absolute Gasteiger partial charge is 0.480 e. The van der Waals surface area contributed by atoms with Crippen molar-refractivity contribution in [3.8, 4) is 5.88 Å². The van der Waals surface area contributed by atoms with Crippen LogP contribution in [0.5, 0.6) is 5.88 Å². The lowest BCUT2D eigenvalue weighted by Crippen LogP contribution is -2.26. The first-order valence-electron chi connectivity index (χ1n) is 4.57. The molecule has 1 unspecified atom stereocenters. The van der Waals surface area contributed by atoms with Gasteiger partial charge >= 0.3 is 0 Å². The highest BCUT2D eigenvalue weighted by molar-refractivity contribution is 5.95. The normalized spacial score (nSPS) is 20.8. The van der Waals surface area contributed by atoms with Gasteiger partial charge in [0.25, 0.3) is 0 Å². The summed E-state index contributed by atoms with van der Waals surface area (Å²) in [5, 5.41) is 16.9. The Morgan fingerprint density at radius 1 is 1.53 bits per heavy atom. The monoisotopic (exact) mass is 209 g/mol. The van der Waals surface area contributed by atoms with Gasteiger partial charge in [-0.3, -0.25) is 9.69 Å². The summed E-state index contributed by atoms with van der Waals surface area (Å²) >= 11 is 0. The van der Waals surface area contributed by atoms with Gasteiger partial charge in [-0.05, 0) is 6.07 Å². The van der Waals surface area contributed by atoms with Crippen molar-refractivity contribution in [1.29, 1.82) is 0 Å². The predicted molar refractivity (Wildman–Crippen MR) is 51.6 cm³/mol. The van der Waals surface area contributed by atoms with Gasteiger partial charge in [0.1, 0.15) is 0 Å². The Balaban J connectivity index is 2.19. The Kier molecular flexibility index (Phi) is 2.51. The summed E-state index contributed by atoms with van der Waals surface area (Å²) in [5.41, 5.74) is 0. The molecule has 1 saturated heterocycles. The number of rotatable bonds is 2. The third-order valence-corrected chi connectivity index (χ3v) is 2.22. The average molecular weight is 209 g/mol. The highest BCUT2D eigenvalue weighted by Crippen LogP contribution is 2.19. The van der Waals surface area contributed by atoms with E-state index in [4.69, 9.17) is 4.74 Å². The number of β-amino-alcohol motifs (C(OH)–C–C–N with tert-alkyl or cyclic N) is 1. The van der Waals surface area contributed by atoms with Crippen molar-refractivity contribution in [1.82, 2.24) is 10.2 Å². The fourth-order valence-corrected chi connectivity index (χ4v) is 1.48. The number of aromatic nitrogens is 2. The van der Waals surface area contributed by atoms with E-state index < -0.39 is 6.10 Å². The maximum Gasteiger partial charge on any atom is 0.233 e. The Morgan fingerprint density at radius 2 is 2.33 bits per heavy atom. The summed E-state index contributed by atoms with van der Waals surface area (Å²) in [6, 6.07) is 3.27. The number of aliphatic hydroxyl groups is 1. The summed E-state index contributed by atoms with van der Waals surface area (Å²) in [6.45, 7) is 0.278. The van der Waals surface area contributed by atoms with Gasteiger partial charge in [-0.15, -0.1) is 10.2 Å². The van der Waals surface area contributed by atoms with E-state index in [1.807, 2.05) is 0 Å². The SMILES string of the molecule is COc1ccc(N2CC(O)CC2=O)nn1. The van der Waals surface area contributed by atoms with Crippen molar-refractivity contribution < 1.29 is 14.6 Å². The molecule has 0 saturated carbocycles. The molecule has 1 aliphatic rings. The first kappa shape index (κ1) is 9.85. The minimum Gasteiger partial charge on any atom is -0.480 e. The number of ether oxygens (including phenoxy) is 1. The summed E-state index contributed by atoms with van der Waals surface area (Å²) in [4.78, 5) is 12.8. The highest BCUT2D eigenvalue weighted by Gasteiger charge is 2.30. The van der Waals surface area contributed by atoms with Gasteiger partial charge in [0, 0.05) is 6.07 Å². The maximum atomic E-state index is 11.4. The van der Waals surface area contributed by atoms with E-state index in [2.05, 4.69) is 10.2 Å². The molecule has 2 heterocycles. The Hall–Kier alpha value is -1.69. The zero-order chi connectivity index (χ0) is 10.8. The van der Waals surface area contributed by atoms with Crippen LogP contribution in [0.15, 0.2) is 12.1 Å². The van der Waals surface area contributed by atoms with Crippen molar-refractivity contribution in [2.45, 2.75) is 12.5 Å². The second-order valence-electron chi connectivity index (χ2n) is 3.30. The highest BCUT2D eigenvalue weighted by atomic mass is 16.5. The molecular weight excluding hydrogens is 198 g/mol. The van der Waals surface area contributed by atoms with Gasteiger partial charge < -0.3 is 9.84 Å². The number of hydrogen-bond acceptors (Lipinski definition) is 5. The minimum atomic E-state index is -0.610. The van der Waals surface area contributed by atoms with Crippen molar-refractivity contribution in [2.75, 3.05) is 18.6 Å². The van der Waals surface area contributed by atoms with Crippen LogP contribution in [-0.4, -0.2) is 41.0 Å². The Morgan fingerprint density at radius 3 is 2.80 bits per heavy atom. The third-order valence-electron chi connectivity index (χ3n) is 2.22. The standard InChI is InChI=1S/C9H11N3O3/c1-15-8-3-2-7(10-11-8)12-5-6(13)4-9(12)14/h2-3,6,13H,4-5H2,1H3.